The molecule has 0 aromatic heterocycles. The van der Waals surface area contributed by atoms with E-state index in [1.165, 1.54) is 0 Å². The Kier molecular flexibility index (Phi) is 6.97. The number of benzene rings is 2. The lowest BCUT2D eigenvalue weighted by atomic mass is 10.1. The van der Waals surface area contributed by atoms with Gasteiger partial charge in [-0.25, -0.2) is 4.79 Å². The van der Waals surface area contributed by atoms with Gasteiger partial charge in [0.1, 0.15) is 23.9 Å². The summed E-state index contributed by atoms with van der Waals surface area (Å²) < 4.78 is 16.0. The third kappa shape index (κ3) is 5.46. The molecular formula is C19H23ClN2O4. The normalized spacial score (nSPS) is 10.2. The van der Waals surface area contributed by atoms with Crippen molar-refractivity contribution in [2.24, 2.45) is 0 Å². The Labute approximate surface area is 158 Å². The lowest BCUT2D eigenvalue weighted by Crippen LogP contribution is -2.32. The second kappa shape index (κ2) is 9.20. The molecule has 0 aliphatic heterocycles. The van der Waals surface area contributed by atoms with Gasteiger partial charge in [-0.2, -0.15) is 0 Å². The van der Waals surface area contributed by atoms with E-state index in [1.807, 2.05) is 26.0 Å². The van der Waals surface area contributed by atoms with Crippen LogP contribution in [0.2, 0.25) is 5.02 Å². The van der Waals surface area contributed by atoms with Crippen LogP contribution in [-0.4, -0.2) is 33.4 Å². The fraction of sp³-hybridized carbons (Fsp3) is 0.316. The highest BCUT2D eigenvalue weighted by Crippen LogP contribution is 2.28. The molecule has 140 valence electrons. The maximum atomic E-state index is 12.0. The van der Waals surface area contributed by atoms with Gasteiger partial charge in [0.15, 0.2) is 0 Å². The molecule has 0 bridgehead atoms. The molecule has 0 saturated heterocycles. The van der Waals surface area contributed by atoms with Gasteiger partial charge in [-0.15, -0.1) is 0 Å². The summed E-state index contributed by atoms with van der Waals surface area (Å²) in [5, 5.41) is 6.01. The summed E-state index contributed by atoms with van der Waals surface area (Å²) in [5.41, 5.74) is 2.55. The molecule has 6 nitrogen and oxygen atoms in total. The smallest absolute Gasteiger partial charge is 0.319 e. The maximum Gasteiger partial charge on any atom is 0.319 e. The molecule has 2 aromatic rings. The molecule has 0 heterocycles. The maximum absolute atomic E-state index is 12.0. The Hall–Kier alpha value is -2.60. The van der Waals surface area contributed by atoms with Crippen LogP contribution in [0.25, 0.3) is 0 Å². The lowest BCUT2D eigenvalue weighted by molar-refractivity contribution is 0.247. The highest BCUT2D eigenvalue weighted by atomic mass is 35.5. The van der Waals surface area contributed by atoms with Gasteiger partial charge in [-0.05, 0) is 31.0 Å². The summed E-state index contributed by atoms with van der Waals surface area (Å²) in [5.74, 6) is 1.87. The van der Waals surface area contributed by atoms with E-state index in [1.54, 1.807) is 32.4 Å². The second-order valence-electron chi connectivity index (χ2n) is 5.72. The second-order valence-corrected chi connectivity index (χ2v) is 6.12. The molecule has 2 rings (SSSR count). The number of carbonyl (C=O) groups excluding carboxylic acids is 1. The quantitative estimate of drug-likeness (QED) is 0.709. The zero-order valence-corrected chi connectivity index (χ0v) is 16.1. The Balaban J connectivity index is 1.84. The van der Waals surface area contributed by atoms with E-state index in [0.717, 1.165) is 11.1 Å². The van der Waals surface area contributed by atoms with Gasteiger partial charge in [0, 0.05) is 18.2 Å². The van der Waals surface area contributed by atoms with Crippen molar-refractivity contribution in [2.45, 2.75) is 13.8 Å². The van der Waals surface area contributed by atoms with Crippen LogP contribution in [0.5, 0.6) is 17.2 Å². The predicted molar refractivity (Wildman–Crippen MR) is 103 cm³/mol. The zero-order chi connectivity index (χ0) is 19.1. The first-order valence-electron chi connectivity index (χ1n) is 8.10. The minimum absolute atomic E-state index is 0.296. The summed E-state index contributed by atoms with van der Waals surface area (Å²) >= 11 is 6.19. The highest BCUT2D eigenvalue weighted by molar-refractivity contribution is 6.34. The molecule has 0 aliphatic rings. The molecule has 0 spiro atoms. The number of hydrogen-bond acceptors (Lipinski definition) is 4. The summed E-state index contributed by atoms with van der Waals surface area (Å²) in [6.07, 6.45) is 0. The minimum Gasteiger partial charge on any atom is -0.496 e. The van der Waals surface area contributed by atoms with Crippen LogP contribution in [0.15, 0.2) is 30.3 Å². The van der Waals surface area contributed by atoms with E-state index in [2.05, 4.69) is 10.6 Å². The number of nitrogens with one attached hydrogen (secondary N) is 2. The van der Waals surface area contributed by atoms with Gasteiger partial charge < -0.3 is 24.8 Å². The number of amides is 2. The monoisotopic (exact) mass is 378 g/mol. The van der Waals surface area contributed by atoms with Crippen LogP contribution in [0.4, 0.5) is 10.5 Å². The van der Waals surface area contributed by atoms with Gasteiger partial charge in [0.25, 0.3) is 0 Å². The Bertz CT molecular complexity index is 735. The molecule has 0 fully saturated rings. The standard InChI is InChI=1S/C19H23ClN2O4/c1-12-7-13(2)18(17(20)8-12)22-19(23)21-5-6-26-16-10-14(24-3)9-15(11-16)25-4/h7-11H,5-6H2,1-4H3,(H2,21,22,23). The molecule has 26 heavy (non-hydrogen) atoms. The molecule has 2 aromatic carbocycles. The number of rotatable bonds is 7. The van der Waals surface area contributed by atoms with Crippen molar-refractivity contribution in [1.82, 2.24) is 5.32 Å². The summed E-state index contributed by atoms with van der Waals surface area (Å²) in [6.45, 7) is 4.47. The van der Waals surface area contributed by atoms with Crippen LogP contribution < -0.4 is 24.8 Å². The van der Waals surface area contributed by atoms with Crippen molar-refractivity contribution in [3.8, 4) is 17.2 Å². The van der Waals surface area contributed by atoms with Gasteiger partial charge in [-0.3, -0.25) is 0 Å². The molecule has 0 unspecified atom stereocenters. The topological polar surface area (TPSA) is 68.8 Å². The van der Waals surface area contributed by atoms with Crippen molar-refractivity contribution in [1.29, 1.82) is 0 Å². The molecule has 7 heteroatoms. The first-order valence-corrected chi connectivity index (χ1v) is 8.48. The molecule has 0 radical (unpaired) electrons. The number of urea groups is 1. The Morgan fingerprint density at radius 1 is 1.00 bits per heavy atom. The van der Waals surface area contributed by atoms with Crippen molar-refractivity contribution in [2.75, 3.05) is 32.7 Å². The van der Waals surface area contributed by atoms with E-state index in [9.17, 15) is 4.79 Å². The SMILES string of the molecule is COc1cc(OC)cc(OCCNC(=O)Nc2c(C)cc(C)cc2Cl)c1. The molecular weight excluding hydrogens is 356 g/mol. The average Bonchev–Trinajstić information content (AvgIpc) is 2.61. The van der Waals surface area contributed by atoms with Crippen LogP contribution in [0, 0.1) is 13.8 Å². The van der Waals surface area contributed by atoms with E-state index in [4.69, 9.17) is 25.8 Å². The number of halogens is 1. The van der Waals surface area contributed by atoms with E-state index in [0.29, 0.717) is 41.1 Å². The Morgan fingerprint density at radius 2 is 1.62 bits per heavy atom. The van der Waals surface area contributed by atoms with Crippen LogP contribution in [0.1, 0.15) is 11.1 Å². The van der Waals surface area contributed by atoms with Crippen molar-refractivity contribution in [3.05, 3.63) is 46.5 Å². The fourth-order valence-corrected chi connectivity index (χ4v) is 2.80. The van der Waals surface area contributed by atoms with Gasteiger partial charge >= 0.3 is 6.03 Å². The number of carbonyl (C=O) groups is 1. The van der Waals surface area contributed by atoms with Crippen molar-refractivity contribution in [3.63, 3.8) is 0 Å². The first-order chi connectivity index (χ1) is 12.4. The van der Waals surface area contributed by atoms with Gasteiger partial charge in [-0.1, -0.05) is 17.7 Å². The molecule has 0 saturated carbocycles. The van der Waals surface area contributed by atoms with Crippen LogP contribution in [-0.2, 0) is 0 Å². The lowest BCUT2D eigenvalue weighted by Gasteiger charge is -2.13. The van der Waals surface area contributed by atoms with E-state index in [-0.39, 0.29) is 6.03 Å². The van der Waals surface area contributed by atoms with Crippen LogP contribution >= 0.6 is 11.6 Å². The summed E-state index contributed by atoms with van der Waals surface area (Å²) in [6, 6.07) is 8.68. The van der Waals surface area contributed by atoms with E-state index >= 15 is 0 Å². The number of methoxy groups -OCH3 is 2. The first kappa shape index (κ1) is 19.7. The van der Waals surface area contributed by atoms with Crippen molar-refractivity contribution < 1.29 is 19.0 Å². The largest absolute Gasteiger partial charge is 0.496 e. The van der Waals surface area contributed by atoms with Crippen molar-refractivity contribution >= 4 is 23.3 Å². The zero-order valence-electron chi connectivity index (χ0n) is 15.3. The molecule has 0 aliphatic carbocycles. The minimum atomic E-state index is -0.342. The predicted octanol–water partition coefficient (Wildman–Crippen LogP) is 4.17. The number of anilines is 1. The Morgan fingerprint density at radius 3 is 2.19 bits per heavy atom. The number of aryl methyl sites for hydroxylation is 2. The molecule has 2 amide bonds. The number of hydrogen-bond donors (Lipinski definition) is 2. The highest BCUT2D eigenvalue weighted by Gasteiger charge is 2.09. The summed E-state index contributed by atoms with van der Waals surface area (Å²) in [4.78, 5) is 12.0. The van der Waals surface area contributed by atoms with Gasteiger partial charge in [0.05, 0.1) is 31.5 Å². The fourth-order valence-electron chi connectivity index (χ4n) is 2.43. The third-order valence-electron chi connectivity index (χ3n) is 3.65. The van der Waals surface area contributed by atoms with Crippen LogP contribution in [0.3, 0.4) is 0 Å². The average molecular weight is 379 g/mol. The summed E-state index contributed by atoms with van der Waals surface area (Å²) in [7, 11) is 3.14. The van der Waals surface area contributed by atoms with E-state index < -0.39 is 0 Å². The molecule has 0 atom stereocenters. The van der Waals surface area contributed by atoms with Gasteiger partial charge in [0.2, 0.25) is 0 Å². The molecule has 2 N–H and O–H groups in total. The number of ether oxygens (including phenoxy) is 3. The third-order valence-corrected chi connectivity index (χ3v) is 3.95.